The maximum absolute atomic E-state index is 11.8. The van der Waals surface area contributed by atoms with E-state index in [1.807, 2.05) is 6.07 Å². The molecule has 0 bridgehead atoms. The lowest BCUT2D eigenvalue weighted by Crippen LogP contribution is -2.30. The molecular formula is C14H18O3. The van der Waals surface area contributed by atoms with Gasteiger partial charge in [0.05, 0.1) is 11.7 Å². The summed E-state index contributed by atoms with van der Waals surface area (Å²) in [6.45, 7) is 0. The lowest BCUT2D eigenvalue weighted by atomic mass is 10.1. The number of aliphatic hydroxyl groups is 1. The van der Waals surface area contributed by atoms with E-state index in [-0.39, 0.29) is 12.1 Å². The number of aliphatic hydroxyl groups excluding tert-OH is 1. The lowest BCUT2D eigenvalue weighted by Gasteiger charge is -2.20. The molecule has 1 aliphatic carbocycles. The average molecular weight is 234 g/mol. The smallest absolute Gasteiger partial charge is 0.338 e. The molecule has 1 aromatic rings. The zero-order chi connectivity index (χ0) is 12.1. The van der Waals surface area contributed by atoms with Crippen LogP contribution in [-0.4, -0.2) is 23.3 Å². The van der Waals surface area contributed by atoms with E-state index in [2.05, 4.69) is 0 Å². The zero-order valence-electron chi connectivity index (χ0n) is 9.84. The van der Waals surface area contributed by atoms with Crippen LogP contribution in [0.1, 0.15) is 42.5 Å². The molecule has 1 aromatic carbocycles. The number of carbonyl (C=O) groups is 1. The molecule has 0 saturated heterocycles. The quantitative estimate of drug-likeness (QED) is 0.632. The minimum atomic E-state index is -0.509. The third kappa shape index (κ3) is 3.30. The molecule has 0 radical (unpaired) electrons. The van der Waals surface area contributed by atoms with E-state index in [9.17, 15) is 9.90 Å². The Morgan fingerprint density at radius 2 is 1.82 bits per heavy atom. The number of hydrogen-bond acceptors (Lipinski definition) is 3. The molecule has 1 aliphatic rings. The van der Waals surface area contributed by atoms with Crippen molar-refractivity contribution in [1.29, 1.82) is 0 Å². The molecule has 3 heteroatoms. The van der Waals surface area contributed by atoms with Gasteiger partial charge in [-0.05, 0) is 31.4 Å². The van der Waals surface area contributed by atoms with E-state index >= 15 is 0 Å². The molecule has 0 amide bonds. The van der Waals surface area contributed by atoms with E-state index < -0.39 is 6.10 Å². The first kappa shape index (κ1) is 12.1. The molecular weight excluding hydrogens is 216 g/mol. The first-order valence-corrected chi connectivity index (χ1v) is 6.21. The van der Waals surface area contributed by atoms with Crippen molar-refractivity contribution in [3.63, 3.8) is 0 Å². The van der Waals surface area contributed by atoms with Gasteiger partial charge in [0.1, 0.15) is 6.10 Å². The van der Waals surface area contributed by atoms with Crippen molar-refractivity contribution in [2.75, 3.05) is 0 Å². The maximum Gasteiger partial charge on any atom is 0.338 e. The van der Waals surface area contributed by atoms with Crippen molar-refractivity contribution < 1.29 is 14.6 Å². The van der Waals surface area contributed by atoms with Gasteiger partial charge >= 0.3 is 5.97 Å². The zero-order valence-corrected chi connectivity index (χ0v) is 9.84. The summed E-state index contributed by atoms with van der Waals surface area (Å²) in [6, 6.07) is 8.92. The van der Waals surface area contributed by atoms with Crippen molar-refractivity contribution in [3.8, 4) is 0 Å². The van der Waals surface area contributed by atoms with Crippen molar-refractivity contribution in [3.05, 3.63) is 35.9 Å². The normalized spacial score (nSPS) is 25.0. The fraction of sp³-hybridized carbons (Fsp3) is 0.500. The van der Waals surface area contributed by atoms with Gasteiger partial charge in [0.2, 0.25) is 0 Å². The summed E-state index contributed by atoms with van der Waals surface area (Å²) < 4.78 is 5.38. The van der Waals surface area contributed by atoms with Crippen LogP contribution in [0.2, 0.25) is 0 Å². The second kappa shape index (κ2) is 5.82. The molecule has 0 heterocycles. The Balaban J connectivity index is 1.98. The summed E-state index contributed by atoms with van der Waals surface area (Å²) in [5, 5.41) is 9.87. The number of esters is 1. The number of ether oxygens (including phenoxy) is 1. The second-order valence-corrected chi connectivity index (χ2v) is 4.52. The fourth-order valence-corrected chi connectivity index (χ4v) is 2.17. The molecule has 0 aliphatic heterocycles. The third-order valence-electron chi connectivity index (χ3n) is 3.19. The molecule has 1 fully saturated rings. The van der Waals surface area contributed by atoms with Crippen LogP contribution in [0.4, 0.5) is 0 Å². The summed E-state index contributed by atoms with van der Waals surface area (Å²) in [6.07, 6.45) is 3.78. The third-order valence-corrected chi connectivity index (χ3v) is 3.19. The molecule has 2 rings (SSSR count). The van der Waals surface area contributed by atoms with Gasteiger partial charge in [-0.3, -0.25) is 0 Å². The van der Waals surface area contributed by atoms with Crippen LogP contribution in [0.5, 0.6) is 0 Å². The Bertz CT molecular complexity index is 361. The summed E-state index contributed by atoms with van der Waals surface area (Å²) in [4.78, 5) is 11.8. The van der Waals surface area contributed by atoms with Crippen LogP contribution in [0.3, 0.4) is 0 Å². The Hall–Kier alpha value is -1.35. The average Bonchev–Trinajstić information content (AvgIpc) is 2.56. The summed E-state index contributed by atoms with van der Waals surface area (Å²) in [5.74, 6) is -0.337. The highest BCUT2D eigenvalue weighted by Crippen LogP contribution is 2.21. The molecule has 17 heavy (non-hydrogen) atoms. The summed E-state index contributed by atoms with van der Waals surface area (Å²) >= 11 is 0. The highest BCUT2D eigenvalue weighted by Gasteiger charge is 2.25. The Morgan fingerprint density at radius 1 is 1.12 bits per heavy atom. The van der Waals surface area contributed by atoms with Gasteiger partial charge < -0.3 is 9.84 Å². The standard InChI is InChI=1S/C14H18O3/c15-12-9-5-2-6-10-13(12)17-14(16)11-7-3-1-4-8-11/h1,3-4,7-8,12-13,15H,2,5-6,9-10H2/t12-,13-/m1/s1. The first-order chi connectivity index (χ1) is 8.27. The topological polar surface area (TPSA) is 46.5 Å². The lowest BCUT2D eigenvalue weighted by molar-refractivity contribution is -0.0206. The second-order valence-electron chi connectivity index (χ2n) is 4.52. The van der Waals surface area contributed by atoms with Crippen LogP contribution in [0, 0.1) is 0 Å². The van der Waals surface area contributed by atoms with Gasteiger partial charge in [0, 0.05) is 0 Å². The van der Waals surface area contributed by atoms with Gasteiger partial charge in [-0.25, -0.2) is 4.79 Å². The molecule has 1 saturated carbocycles. The highest BCUT2D eigenvalue weighted by molar-refractivity contribution is 5.89. The monoisotopic (exact) mass is 234 g/mol. The minimum absolute atomic E-state index is 0.337. The summed E-state index contributed by atoms with van der Waals surface area (Å²) in [7, 11) is 0. The van der Waals surface area contributed by atoms with Crippen molar-refractivity contribution in [2.45, 2.75) is 44.3 Å². The minimum Gasteiger partial charge on any atom is -0.456 e. The Morgan fingerprint density at radius 3 is 2.59 bits per heavy atom. The van der Waals surface area contributed by atoms with Gasteiger partial charge in [-0.1, -0.05) is 31.0 Å². The van der Waals surface area contributed by atoms with Crippen LogP contribution in [0.15, 0.2) is 30.3 Å². The maximum atomic E-state index is 11.8. The molecule has 0 aromatic heterocycles. The molecule has 1 N–H and O–H groups in total. The van der Waals surface area contributed by atoms with Crippen LogP contribution in [0.25, 0.3) is 0 Å². The predicted octanol–water partition coefficient (Wildman–Crippen LogP) is 2.54. The van der Waals surface area contributed by atoms with Gasteiger partial charge in [0.15, 0.2) is 0 Å². The molecule has 0 unspecified atom stereocenters. The number of hydrogen-bond donors (Lipinski definition) is 1. The van der Waals surface area contributed by atoms with Crippen molar-refractivity contribution in [1.82, 2.24) is 0 Å². The summed E-state index contributed by atoms with van der Waals surface area (Å²) in [5.41, 5.74) is 0.545. The first-order valence-electron chi connectivity index (χ1n) is 6.21. The molecule has 92 valence electrons. The van der Waals surface area contributed by atoms with E-state index in [4.69, 9.17) is 4.74 Å². The van der Waals surface area contributed by atoms with Crippen LogP contribution < -0.4 is 0 Å². The SMILES string of the molecule is O=C(O[C@@H]1CCCCC[C@H]1O)c1ccccc1. The van der Waals surface area contributed by atoms with E-state index in [1.165, 1.54) is 0 Å². The van der Waals surface area contributed by atoms with E-state index in [0.717, 1.165) is 32.1 Å². The number of rotatable bonds is 2. The molecule has 3 nitrogen and oxygen atoms in total. The van der Waals surface area contributed by atoms with Crippen LogP contribution >= 0.6 is 0 Å². The van der Waals surface area contributed by atoms with Gasteiger partial charge in [0.25, 0.3) is 0 Å². The number of benzene rings is 1. The highest BCUT2D eigenvalue weighted by atomic mass is 16.6. The Kier molecular flexibility index (Phi) is 4.15. The fourth-order valence-electron chi connectivity index (χ4n) is 2.17. The number of carbonyl (C=O) groups excluding carboxylic acids is 1. The van der Waals surface area contributed by atoms with Crippen molar-refractivity contribution >= 4 is 5.97 Å². The van der Waals surface area contributed by atoms with E-state index in [0.29, 0.717) is 5.56 Å². The van der Waals surface area contributed by atoms with Gasteiger partial charge in [-0.2, -0.15) is 0 Å². The van der Waals surface area contributed by atoms with Crippen LogP contribution in [-0.2, 0) is 4.74 Å². The molecule has 0 spiro atoms. The largest absolute Gasteiger partial charge is 0.456 e. The Labute approximate surface area is 101 Å². The van der Waals surface area contributed by atoms with Gasteiger partial charge in [-0.15, -0.1) is 0 Å². The predicted molar refractivity (Wildman–Crippen MR) is 64.7 cm³/mol. The van der Waals surface area contributed by atoms with Crippen molar-refractivity contribution in [2.24, 2.45) is 0 Å². The molecule has 2 atom stereocenters. The van der Waals surface area contributed by atoms with E-state index in [1.54, 1.807) is 24.3 Å².